The second-order valence-corrected chi connectivity index (χ2v) is 2.31. The Morgan fingerprint density at radius 3 is 2.33 bits per heavy atom. The van der Waals surface area contributed by atoms with E-state index in [-0.39, 0.29) is 18.6 Å². The number of aliphatic hydroxyl groups excluding tert-OH is 1. The molecule has 12 heavy (non-hydrogen) atoms. The maximum atomic E-state index is 12.7. The Bertz CT molecular complexity index is 286. The van der Waals surface area contributed by atoms with Crippen LogP contribution in [0, 0.1) is 17.5 Å². The first kappa shape index (κ1) is 9.06. The molecular weight excluding hydrogens is 169 g/mol. The van der Waals surface area contributed by atoms with Crippen molar-refractivity contribution in [3.63, 3.8) is 0 Å². The average Bonchev–Trinajstić information content (AvgIpc) is 2.07. The van der Waals surface area contributed by atoms with E-state index in [4.69, 9.17) is 5.11 Å². The molecular formula is C8H7F3O. The molecule has 0 spiro atoms. The summed E-state index contributed by atoms with van der Waals surface area (Å²) in [5.74, 6) is -3.92. The second-order valence-electron chi connectivity index (χ2n) is 2.31. The normalized spacial score (nSPS) is 10.3. The summed E-state index contributed by atoms with van der Waals surface area (Å²) >= 11 is 0. The maximum Gasteiger partial charge on any atom is 0.194 e. The summed E-state index contributed by atoms with van der Waals surface area (Å²) in [6, 6.07) is 1.95. The molecule has 0 bridgehead atoms. The monoisotopic (exact) mass is 176 g/mol. The minimum absolute atomic E-state index is 0.0109. The van der Waals surface area contributed by atoms with Crippen molar-refractivity contribution in [3.8, 4) is 0 Å². The van der Waals surface area contributed by atoms with E-state index in [1.54, 1.807) is 0 Å². The summed E-state index contributed by atoms with van der Waals surface area (Å²) in [4.78, 5) is 0. The summed E-state index contributed by atoms with van der Waals surface area (Å²) in [5, 5.41) is 8.42. The standard InChI is InChI=1S/C8H7F3O/c9-6-2-1-5(3-4-12)7(10)8(6)11/h1-2,12H,3-4H2. The zero-order valence-corrected chi connectivity index (χ0v) is 6.15. The Morgan fingerprint density at radius 1 is 1.08 bits per heavy atom. The van der Waals surface area contributed by atoms with Gasteiger partial charge in [-0.3, -0.25) is 0 Å². The van der Waals surface area contributed by atoms with Crippen LogP contribution in [-0.4, -0.2) is 11.7 Å². The van der Waals surface area contributed by atoms with Gasteiger partial charge in [-0.2, -0.15) is 0 Å². The SMILES string of the molecule is OCCc1ccc(F)c(F)c1F. The summed E-state index contributed by atoms with van der Waals surface area (Å²) in [7, 11) is 0. The van der Waals surface area contributed by atoms with Gasteiger partial charge < -0.3 is 5.11 Å². The van der Waals surface area contributed by atoms with Crippen LogP contribution < -0.4 is 0 Å². The molecule has 0 heterocycles. The van der Waals surface area contributed by atoms with Gasteiger partial charge in [0.25, 0.3) is 0 Å². The fourth-order valence-corrected chi connectivity index (χ4v) is 0.879. The molecule has 0 atom stereocenters. The fourth-order valence-electron chi connectivity index (χ4n) is 0.879. The van der Waals surface area contributed by atoms with Crippen LogP contribution in [0.25, 0.3) is 0 Å². The highest BCUT2D eigenvalue weighted by molar-refractivity contribution is 5.20. The highest BCUT2D eigenvalue weighted by atomic mass is 19.2. The van der Waals surface area contributed by atoms with Crippen LogP contribution in [0.2, 0.25) is 0 Å². The highest BCUT2D eigenvalue weighted by Gasteiger charge is 2.11. The van der Waals surface area contributed by atoms with Crippen LogP contribution in [-0.2, 0) is 6.42 Å². The lowest BCUT2D eigenvalue weighted by molar-refractivity contribution is 0.296. The number of hydrogen-bond acceptors (Lipinski definition) is 1. The van der Waals surface area contributed by atoms with Crippen molar-refractivity contribution in [2.75, 3.05) is 6.61 Å². The minimum Gasteiger partial charge on any atom is -0.396 e. The van der Waals surface area contributed by atoms with Crippen molar-refractivity contribution in [1.29, 1.82) is 0 Å². The van der Waals surface area contributed by atoms with Gasteiger partial charge in [0.15, 0.2) is 17.5 Å². The highest BCUT2D eigenvalue weighted by Crippen LogP contribution is 2.15. The van der Waals surface area contributed by atoms with Crippen LogP contribution in [0.15, 0.2) is 12.1 Å². The smallest absolute Gasteiger partial charge is 0.194 e. The van der Waals surface area contributed by atoms with Crippen LogP contribution in [0.5, 0.6) is 0 Å². The zero-order valence-electron chi connectivity index (χ0n) is 6.15. The second kappa shape index (κ2) is 3.58. The summed E-state index contributed by atoms with van der Waals surface area (Å²) in [6.45, 7) is -0.290. The van der Waals surface area contributed by atoms with Crippen molar-refractivity contribution in [2.24, 2.45) is 0 Å². The van der Waals surface area contributed by atoms with Gasteiger partial charge in [0, 0.05) is 6.61 Å². The van der Waals surface area contributed by atoms with E-state index >= 15 is 0 Å². The largest absolute Gasteiger partial charge is 0.396 e. The van der Waals surface area contributed by atoms with Gasteiger partial charge in [0.2, 0.25) is 0 Å². The molecule has 1 N–H and O–H groups in total. The van der Waals surface area contributed by atoms with E-state index in [1.165, 1.54) is 0 Å². The maximum absolute atomic E-state index is 12.7. The first-order chi connectivity index (χ1) is 5.66. The van der Waals surface area contributed by atoms with E-state index < -0.39 is 17.5 Å². The van der Waals surface area contributed by atoms with E-state index in [0.29, 0.717) is 0 Å². The van der Waals surface area contributed by atoms with E-state index in [1.807, 2.05) is 0 Å². The predicted molar refractivity (Wildman–Crippen MR) is 37.1 cm³/mol. The quantitative estimate of drug-likeness (QED) is 0.679. The Kier molecular flexibility index (Phi) is 2.70. The first-order valence-electron chi connectivity index (χ1n) is 3.40. The number of hydrogen-bond donors (Lipinski definition) is 1. The molecule has 1 nitrogen and oxygen atoms in total. The average molecular weight is 176 g/mol. The van der Waals surface area contributed by atoms with Gasteiger partial charge in [0.1, 0.15) is 0 Å². The molecule has 0 aromatic heterocycles. The molecule has 1 aromatic rings. The lowest BCUT2D eigenvalue weighted by Crippen LogP contribution is -1.99. The third-order valence-electron chi connectivity index (χ3n) is 1.50. The molecule has 4 heteroatoms. The van der Waals surface area contributed by atoms with Gasteiger partial charge in [-0.25, -0.2) is 13.2 Å². The Morgan fingerprint density at radius 2 is 1.75 bits per heavy atom. The number of halogens is 3. The van der Waals surface area contributed by atoms with E-state index in [2.05, 4.69) is 0 Å². The van der Waals surface area contributed by atoms with Gasteiger partial charge in [-0.1, -0.05) is 6.07 Å². The summed E-state index contributed by atoms with van der Waals surface area (Å²) in [6.07, 6.45) is -0.0109. The molecule has 1 rings (SSSR count). The Hall–Kier alpha value is -1.03. The summed E-state index contributed by atoms with van der Waals surface area (Å²) in [5.41, 5.74) is -0.0172. The molecule has 0 aliphatic rings. The van der Waals surface area contributed by atoms with Gasteiger partial charge in [-0.05, 0) is 18.1 Å². The molecule has 0 fully saturated rings. The fraction of sp³-hybridized carbons (Fsp3) is 0.250. The minimum atomic E-state index is -1.49. The van der Waals surface area contributed by atoms with Crippen molar-refractivity contribution in [1.82, 2.24) is 0 Å². The van der Waals surface area contributed by atoms with Crippen molar-refractivity contribution in [3.05, 3.63) is 35.1 Å². The third-order valence-corrected chi connectivity index (χ3v) is 1.50. The topological polar surface area (TPSA) is 20.2 Å². The molecule has 0 radical (unpaired) electrons. The lowest BCUT2D eigenvalue weighted by Gasteiger charge is -2.01. The predicted octanol–water partition coefficient (Wildman–Crippen LogP) is 1.64. The molecule has 1 aromatic carbocycles. The van der Waals surface area contributed by atoms with Gasteiger partial charge >= 0.3 is 0 Å². The molecule has 0 aliphatic heterocycles. The Balaban J connectivity index is 3.08. The number of benzene rings is 1. The van der Waals surface area contributed by atoms with E-state index in [0.717, 1.165) is 12.1 Å². The van der Waals surface area contributed by atoms with Crippen LogP contribution in [0.3, 0.4) is 0 Å². The lowest BCUT2D eigenvalue weighted by atomic mass is 10.1. The van der Waals surface area contributed by atoms with Gasteiger partial charge in [0.05, 0.1) is 0 Å². The van der Waals surface area contributed by atoms with Crippen molar-refractivity contribution in [2.45, 2.75) is 6.42 Å². The van der Waals surface area contributed by atoms with Crippen molar-refractivity contribution < 1.29 is 18.3 Å². The molecule has 0 aliphatic carbocycles. The number of aliphatic hydroxyl groups is 1. The first-order valence-corrected chi connectivity index (χ1v) is 3.40. The Labute approximate surface area is 67.5 Å². The van der Waals surface area contributed by atoms with Gasteiger partial charge in [-0.15, -0.1) is 0 Å². The third kappa shape index (κ3) is 1.58. The molecule has 0 amide bonds. The molecule has 0 saturated carbocycles. The molecule has 0 unspecified atom stereocenters. The molecule has 0 saturated heterocycles. The summed E-state index contributed by atoms with van der Waals surface area (Å²) < 4.78 is 37.5. The van der Waals surface area contributed by atoms with Crippen molar-refractivity contribution >= 4 is 0 Å². The van der Waals surface area contributed by atoms with E-state index in [9.17, 15) is 13.2 Å². The van der Waals surface area contributed by atoms with Crippen LogP contribution in [0.4, 0.5) is 13.2 Å². The van der Waals surface area contributed by atoms with Crippen LogP contribution in [0.1, 0.15) is 5.56 Å². The number of rotatable bonds is 2. The zero-order chi connectivity index (χ0) is 9.14. The van der Waals surface area contributed by atoms with Crippen LogP contribution >= 0.6 is 0 Å². The molecule has 66 valence electrons.